The molecule has 0 aliphatic carbocycles. The molecule has 0 saturated heterocycles. The maximum Gasteiger partial charge on any atom is 0.109 e. The first-order chi connectivity index (χ1) is 8.84. The van der Waals surface area contributed by atoms with E-state index in [0.29, 0.717) is 0 Å². The van der Waals surface area contributed by atoms with E-state index in [0.717, 1.165) is 9.50 Å². The van der Waals surface area contributed by atoms with Gasteiger partial charge in [0.25, 0.3) is 0 Å². The van der Waals surface area contributed by atoms with Gasteiger partial charge in [-0.15, -0.1) is 0 Å². The van der Waals surface area contributed by atoms with Crippen LogP contribution in [0.2, 0.25) is 0 Å². The molecular weight excluding hydrogens is 306 g/mol. The van der Waals surface area contributed by atoms with Crippen LogP contribution < -0.4 is 0 Å². The number of aromatic nitrogens is 1. The van der Waals surface area contributed by atoms with Crippen LogP contribution in [-0.4, -0.2) is 4.98 Å². The number of hydrogen-bond donors (Lipinski definition) is 0. The van der Waals surface area contributed by atoms with Gasteiger partial charge in [-0.1, -0.05) is 52.0 Å². The normalized spacial score (nSPS) is 12.5. The summed E-state index contributed by atoms with van der Waals surface area (Å²) in [6, 6.07) is 14.9. The first-order valence-corrected chi connectivity index (χ1v) is 7.30. The summed E-state index contributed by atoms with van der Waals surface area (Å²) in [6.45, 7) is 0. The predicted octanol–water partition coefficient (Wildman–Crippen LogP) is 5.13. The molecule has 2 aromatic carbocycles. The van der Waals surface area contributed by atoms with Crippen LogP contribution in [0.4, 0.5) is 0 Å². The zero-order valence-electron chi connectivity index (χ0n) is 9.35. The van der Waals surface area contributed by atoms with Crippen molar-refractivity contribution < 1.29 is 0 Å². The molecule has 4 rings (SSSR count). The summed E-state index contributed by atoms with van der Waals surface area (Å²) in [5.74, 6) is 0. The van der Waals surface area contributed by atoms with Gasteiger partial charge in [-0.2, -0.15) is 0 Å². The minimum Gasteiger partial charge on any atom is -0.249 e. The summed E-state index contributed by atoms with van der Waals surface area (Å²) in [5.41, 5.74) is 2.49. The molecule has 3 heteroatoms. The topological polar surface area (TPSA) is 12.9 Å². The number of rotatable bonds is 0. The molecule has 1 nitrogen and oxygen atoms in total. The third kappa shape index (κ3) is 1.38. The molecule has 0 saturated carbocycles. The van der Waals surface area contributed by atoms with Gasteiger partial charge >= 0.3 is 0 Å². The monoisotopic (exact) mass is 313 g/mol. The lowest BCUT2D eigenvalue weighted by Crippen LogP contribution is -1.95. The van der Waals surface area contributed by atoms with Crippen molar-refractivity contribution in [2.75, 3.05) is 0 Å². The van der Waals surface area contributed by atoms with Crippen molar-refractivity contribution in [3.63, 3.8) is 0 Å². The molecule has 0 unspecified atom stereocenters. The van der Waals surface area contributed by atoms with Crippen LogP contribution in [0.5, 0.6) is 0 Å². The van der Waals surface area contributed by atoms with Gasteiger partial charge < -0.3 is 0 Å². The van der Waals surface area contributed by atoms with Crippen LogP contribution in [0.1, 0.15) is 0 Å². The molecule has 0 radical (unpaired) electrons. The van der Waals surface area contributed by atoms with E-state index in [1.165, 1.54) is 26.8 Å². The molecule has 0 bridgehead atoms. The van der Waals surface area contributed by atoms with Crippen molar-refractivity contribution in [3.8, 4) is 11.1 Å². The molecule has 1 aromatic heterocycles. The lowest BCUT2D eigenvalue weighted by atomic mass is 9.99. The fourth-order valence-corrected chi connectivity index (χ4v) is 4.05. The van der Waals surface area contributed by atoms with Crippen molar-refractivity contribution in [2.45, 2.75) is 9.92 Å². The predicted molar refractivity (Wildman–Crippen MR) is 79.0 cm³/mol. The summed E-state index contributed by atoms with van der Waals surface area (Å²) in [5, 5.41) is 3.70. The lowest BCUT2D eigenvalue weighted by Gasteiger charge is -2.20. The highest BCUT2D eigenvalue weighted by molar-refractivity contribution is 9.10. The van der Waals surface area contributed by atoms with Gasteiger partial charge in [0, 0.05) is 32.1 Å². The van der Waals surface area contributed by atoms with Crippen molar-refractivity contribution in [2.24, 2.45) is 0 Å². The van der Waals surface area contributed by atoms with Gasteiger partial charge in [-0.25, -0.2) is 4.98 Å². The number of pyridine rings is 1. The number of benzene rings is 2. The Balaban J connectivity index is 2.25. The summed E-state index contributed by atoms with van der Waals surface area (Å²) in [6.07, 6.45) is 1.85. The van der Waals surface area contributed by atoms with E-state index in [4.69, 9.17) is 0 Å². The van der Waals surface area contributed by atoms with Crippen LogP contribution in [0, 0.1) is 0 Å². The van der Waals surface area contributed by atoms with Crippen LogP contribution in [0.3, 0.4) is 0 Å². The fraction of sp³-hybridized carbons (Fsp3) is 0. The largest absolute Gasteiger partial charge is 0.249 e. The van der Waals surface area contributed by atoms with Crippen LogP contribution in [0.25, 0.3) is 21.9 Å². The van der Waals surface area contributed by atoms with Crippen LogP contribution >= 0.6 is 27.7 Å². The second-order valence-electron chi connectivity index (χ2n) is 4.23. The summed E-state index contributed by atoms with van der Waals surface area (Å²) in [4.78, 5) is 5.78. The Morgan fingerprint density at radius 1 is 1.00 bits per heavy atom. The SMILES string of the molecule is Brc1ccc2cccc3c2c1-c1cccnc1S3. The quantitative estimate of drug-likeness (QED) is 0.446. The molecule has 0 atom stereocenters. The molecule has 0 amide bonds. The van der Waals surface area contributed by atoms with Crippen molar-refractivity contribution >= 4 is 38.5 Å². The molecule has 18 heavy (non-hydrogen) atoms. The number of halogens is 1. The van der Waals surface area contributed by atoms with Gasteiger partial charge in [-0.05, 0) is 23.6 Å². The fourth-order valence-electron chi connectivity index (χ4n) is 2.44. The summed E-state index contributed by atoms with van der Waals surface area (Å²) < 4.78 is 1.14. The second kappa shape index (κ2) is 3.84. The Bertz CT molecular complexity index is 783. The minimum atomic E-state index is 1.09. The lowest BCUT2D eigenvalue weighted by molar-refractivity contribution is 1.13. The molecule has 0 N–H and O–H groups in total. The van der Waals surface area contributed by atoms with Crippen molar-refractivity contribution in [3.05, 3.63) is 53.1 Å². The Labute approximate surface area is 117 Å². The third-order valence-electron chi connectivity index (χ3n) is 3.20. The van der Waals surface area contributed by atoms with Crippen molar-refractivity contribution in [1.29, 1.82) is 0 Å². The number of nitrogens with zero attached hydrogens (tertiary/aromatic N) is 1. The Morgan fingerprint density at radius 3 is 2.89 bits per heavy atom. The van der Waals surface area contributed by atoms with Gasteiger partial charge in [-0.3, -0.25) is 0 Å². The average molecular weight is 314 g/mol. The van der Waals surface area contributed by atoms with E-state index in [-0.39, 0.29) is 0 Å². The smallest absolute Gasteiger partial charge is 0.109 e. The number of hydrogen-bond acceptors (Lipinski definition) is 2. The molecule has 3 aromatic rings. The zero-order chi connectivity index (χ0) is 12.1. The van der Waals surface area contributed by atoms with Gasteiger partial charge in [0.15, 0.2) is 0 Å². The van der Waals surface area contributed by atoms with E-state index < -0.39 is 0 Å². The first kappa shape index (κ1) is 10.6. The van der Waals surface area contributed by atoms with Crippen LogP contribution in [0.15, 0.2) is 63.1 Å². The average Bonchev–Trinajstić information content (AvgIpc) is 2.41. The van der Waals surface area contributed by atoms with E-state index in [9.17, 15) is 0 Å². The third-order valence-corrected chi connectivity index (χ3v) is 4.94. The van der Waals surface area contributed by atoms with Crippen molar-refractivity contribution in [1.82, 2.24) is 4.98 Å². The molecular formula is C15H8BrNS. The first-order valence-electron chi connectivity index (χ1n) is 5.69. The van der Waals surface area contributed by atoms with E-state index in [1.54, 1.807) is 11.8 Å². The summed E-state index contributed by atoms with van der Waals surface area (Å²) in [7, 11) is 0. The number of fused-ring (bicyclic) bond motifs is 2. The Morgan fingerprint density at radius 2 is 1.94 bits per heavy atom. The Hall–Kier alpha value is -1.32. The molecule has 86 valence electrons. The van der Waals surface area contributed by atoms with Gasteiger partial charge in [0.2, 0.25) is 0 Å². The maximum atomic E-state index is 4.49. The van der Waals surface area contributed by atoms with E-state index in [1.807, 2.05) is 12.3 Å². The highest BCUT2D eigenvalue weighted by Crippen LogP contribution is 2.49. The Kier molecular flexibility index (Phi) is 2.26. The van der Waals surface area contributed by atoms with Gasteiger partial charge in [0.1, 0.15) is 5.03 Å². The zero-order valence-corrected chi connectivity index (χ0v) is 11.8. The molecule has 1 aliphatic rings. The van der Waals surface area contributed by atoms with E-state index >= 15 is 0 Å². The summed E-state index contributed by atoms with van der Waals surface area (Å²) >= 11 is 5.43. The molecule has 1 aliphatic heterocycles. The highest BCUT2D eigenvalue weighted by atomic mass is 79.9. The second-order valence-corrected chi connectivity index (χ2v) is 6.12. The minimum absolute atomic E-state index is 1.09. The standard InChI is InChI=1S/C15H8BrNS/c16-11-7-6-9-3-1-5-12-13(9)14(11)10-4-2-8-17-15(10)18-12/h1-8H. The van der Waals surface area contributed by atoms with Crippen LogP contribution in [-0.2, 0) is 0 Å². The van der Waals surface area contributed by atoms with E-state index in [2.05, 4.69) is 57.3 Å². The molecule has 2 heterocycles. The molecule has 0 spiro atoms. The highest BCUT2D eigenvalue weighted by Gasteiger charge is 2.21. The van der Waals surface area contributed by atoms with Gasteiger partial charge in [0.05, 0.1) is 0 Å². The maximum absolute atomic E-state index is 4.49. The molecule has 0 fully saturated rings.